The Morgan fingerprint density at radius 1 is 1.00 bits per heavy atom. The normalized spacial score (nSPS) is 12.1. The lowest BCUT2D eigenvalue weighted by Crippen LogP contribution is -2.13. The summed E-state index contributed by atoms with van der Waals surface area (Å²) in [6, 6.07) is 17.7. The van der Waals surface area contributed by atoms with Gasteiger partial charge in [0.1, 0.15) is 0 Å². The van der Waals surface area contributed by atoms with Crippen molar-refractivity contribution in [3.63, 3.8) is 0 Å². The number of benzene rings is 2. The van der Waals surface area contributed by atoms with E-state index < -0.39 is 0 Å². The maximum atomic E-state index is 12.2. The van der Waals surface area contributed by atoms with E-state index in [2.05, 4.69) is 31.2 Å². The van der Waals surface area contributed by atoms with Crippen molar-refractivity contribution in [2.45, 2.75) is 24.0 Å². The molecule has 0 radical (unpaired) electrons. The first kappa shape index (κ1) is 12.9. The Bertz CT molecular complexity index is 517. The van der Waals surface area contributed by atoms with E-state index in [9.17, 15) is 4.79 Å². The molecule has 2 rings (SSSR count). The number of thioether (sulfide) groups is 1. The Hall–Kier alpha value is -1.54. The van der Waals surface area contributed by atoms with Crippen molar-refractivity contribution >= 4 is 17.5 Å². The largest absolute Gasteiger partial charge is 0.293 e. The van der Waals surface area contributed by atoms with Gasteiger partial charge in [-0.1, -0.05) is 48.0 Å². The minimum Gasteiger partial charge on any atom is -0.293 e. The third-order valence-electron chi connectivity index (χ3n) is 2.76. The van der Waals surface area contributed by atoms with Crippen molar-refractivity contribution in [2.24, 2.45) is 0 Å². The number of hydrogen-bond donors (Lipinski definition) is 0. The van der Waals surface area contributed by atoms with Gasteiger partial charge in [-0.05, 0) is 26.0 Å². The fourth-order valence-corrected chi connectivity index (χ4v) is 2.66. The Labute approximate surface area is 112 Å². The summed E-state index contributed by atoms with van der Waals surface area (Å²) < 4.78 is 0. The zero-order valence-electron chi connectivity index (χ0n) is 10.6. The molecule has 2 aromatic carbocycles. The highest BCUT2D eigenvalue weighted by atomic mass is 32.2. The van der Waals surface area contributed by atoms with Gasteiger partial charge in [0.2, 0.25) is 0 Å². The first-order valence-corrected chi connectivity index (χ1v) is 6.87. The maximum Gasteiger partial charge on any atom is 0.175 e. The van der Waals surface area contributed by atoms with Gasteiger partial charge in [0.25, 0.3) is 0 Å². The van der Waals surface area contributed by atoms with E-state index in [4.69, 9.17) is 0 Å². The number of hydrogen-bond acceptors (Lipinski definition) is 2. The summed E-state index contributed by atoms with van der Waals surface area (Å²) in [6.07, 6.45) is 0. The number of aryl methyl sites for hydroxylation is 1. The smallest absolute Gasteiger partial charge is 0.175 e. The lowest BCUT2D eigenvalue weighted by atomic mass is 10.1. The van der Waals surface area contributed by atoms with Gasteiger partial charge in [0.15, 0.2) is 5.78 Å². The van der Waals surface area contributed by atoms with Gasteiger partial charge in [-0.3, -0.25) is 4.79 Å². The molecule has 0 heterocycles. The SMILES string of the molecule is Cc1ccc(S[C@H](C)C(=O)c2ccccc2)cc1. The number of carbonyl (C=O) groups is 1. The van der Waals surface area contributed by atoms with Gasteiger partial charge < -0.3 is 0 Å². The monoisotopic (exact) mass is 256 g/mol. The minimum absolute atomic E-state index is 0.0601. The first-order chi connectivity index (χ1) is 8.66. The molecule has 92 valence electrons. The van der Waals surface area contributed by atoms with Crippen LogP contribution in [-0.2, 0) is 0 Å². The van der Waals surface area contributed by atoms with Crippen molar-refractivity contribution < 1.29 is 4.79 Å². The van der Waals surface area contributed by atoms with Crippen molar-refractivity contribution in [3.05, 3.63) is 65.7 Å². The molecule has 18 heavy (non-hydrogen) atoms. The predicted octanol–water partition coefficient (Wildman–Crippen LogP) is 4.36. The molecule has 0 aromatic heterocycles. The topological polar surface area (TPSA) is 17.1 Å². The average molecular weight is 256 g/mol. The molecule has 0 N–H and O–H groups in total. The van der Waals surface area contributed by atoms with Crippen molar-refractivity contribution in [1.29, 1.82) is 0 Å². The highest BCUT2D eigenvalue weighted by Crippen LogP contribution is 2.25. The highest BCUT2D eigenvalue weighted by molar-refractivity contribution is 8.00. The number of rotatable bonds is 4. The molecule has 0 aliphatic carbocycles. The summed E-state index contributed by atoms with van der Waals surface area (Å²) in [5, 5.41) is -0.0601. The van der Waals surface area contributed by atoms with Gasteiger partial charge in [-0.15, -0.1) is 11.8 Å². The van der Waals surface area contributed by atoms with Gasteiger partial charge in [-0.25, -0.2) is 0 Å². The number of carbonyl (C=O) groups excluding carboxylic acids is 1. The van der Waals surface area contributed by atoms with E-state index in [0.29, 0.717) is 0 Å². The molecule has 0 saturated carbocycles. The summed E-state index contributed by atoms with van der Waals surface area (Å²) in [7, 11) is 0. The van der Waals surface area contributed by atoms with Crippen LogP contribution in [0.3, 0.4) is 0 Å². The van der Waals surface area contributed by atoms with Crippen LogP contribution in [0.25, 0.3) is 0 Å². The van der Waals surface area contributed by atoms with Crippen LogP contribution >= 0.6 is 11.8 Å². The van der Waals surface area contributed by atoms with Crippen LogP contribution in [0.15, 0.2) is 59.5 Å². The zero-order chi connectivity index (χ0) is 13.0. The molecule has 0 unspecified atom stereocenters. The Morgan fingerprint density at radius 2 is 1.61 bits per heavy atom. The Morgan fingerprint density at radius 3 is 2.22 bits per heavy atom. The predicted molar refractivity (Wildman–Crippen MR) is 77.3 cm³/mol. The summed E-state index contributed by atoms with van der Waals surface area (Å²) in [6.45, 7) is 4.02. The molecule has 0 bridgehead atoms. The third kappa shape index (κ3) is 3.23. The molecule has 0 saturated heterocycles. The molecule has 2 heteroatoms. The molecular formula is C16H16OS. The van der Waals surface area contributed by atoms with Crippen LogP contribution in [0.5, 0.6) is 0 Å². The minimum atomic E-state index is -0.0601. The van der Waals surface area contributed by atoms with Crippen LogP contribution in [-0.4, -0.2) is 11.0 Å². The molecule has 2 aromatic rings. The van der Waals surface area contributed by atoms with Gasteiger partial charge in [0, 0.05) is 10.5 Å². The molecule has 0 aliphatic heterocycles. The van der Waals surface area contributed by atoms with Gasteiger partial charge in [-0.2, -0.15) is 0 Å². The molecule has 0 spiro atoms. The Kier molecular flexibility index (Phi) is 4.21. The van der Waals surface area contributed by atoms with Crippen LogP contribution < -0.4 is 0 Å². The molecule has 1 atom stereocenters. The summed E-state index contributed by atoms with van der Waals surface area (Å²) in [5.74, 6) is 0.182. The quantitative estimate of drug-likeness (QED) is 0.597. The highest BCUT2D eigenvalue weighted by Gasteiger charge is 2.15. The van der Waals surface area contributed by atoms with Crippen molar-refractivity contribution in [1.82, 2.24) is 0 Å². The summed E-state index contributed by atoms with van der Waals surface area (Å²) in [4.78, 5) is 13.3. The van der Waals surface area contributed by atoms with Gasteiger partial charge in [0.05, 0.1) is 5.25 Å². The second kappa shape index (κ2) is 5.87. The summed E-state index contributed by atoms with van der Waals surface area (Å²) >= 11 is 1.61. The second-order valence-corrected chi connectivity index (χ2v) is 5.72. The fourth-order valence-electron chi connectivity index (χ4n) is 1.71. The van der Waals surface area contributed by atoms with E-state index in [0.717, 1.165) is 10.5 Å². The van der Waals surface area contributed by atoms with Crippen LogP contribution in [0.4, 0.5) is 0 Å². The van der Waals surface area contributed by atoms with Gasteiger partial charge >= 0.3 is 0 Å². The average Bonchev–Trinajstić information content (AvgIpc) is 2.41. The molecule has 0 fully saturated rings. The third-order valence-corrected chi connectivity index (χ3v) is 3.87. The number of ketones is 1. The zero-order valence-corrected chi connectivity index (χ0v) is 11.4. The van der Waals surface area contributed by atoms with E-state index in [1.54, 1.807) is 11.8 Å². The van der Waals surface area contributed by atoms with Crippen LogP contribution in [0.2, 0.25) is 0 Å². The maximum absolute atomic E-state index is 12.2. The van der Waals surface area contributed by atoms with E-state index in [-0.39, 0.29) is 11.0 Å². The molecule has 0 aliphatic rings. The molecule has 0 amide bonds. The lowest BCUT2D eigenvalue weighted by Gasteiger charge is -2.10. The van der Waals surface area contributed by atoms with E-state index >= 15 is 0 Å². The summed E-state index contributed by atoms with van der Waals surface area (Å²) in [5.41, 5.74) is 2.02. The molecule has 1 nitrogen and oxygen atoms in total. The number of Topliss-reactive ketones (excluding diaryl/α,β-unsaturated/α-hetero) is 1. The fraction of sp³-hybridized carbons (Fsp3) is 0.188. The van der Waals surface area contributed by atoms with Crippen LogP contribution in [0.1, 0.15) is 22.8 Å². The first-order valence-electron chi connectivity index (χ1n) is 5.99. The molecular weight excluding hydrogens is 240 g/mol. The van der Waals surface area contributed by atoms with Crippen molar-refractivity contribution in [2.75, 3.05) is 0 Å². The standard InChI is InChI=1S/C16H16OS/c1-12-8-10-15(11-9-12)18-13(2)16(17)14-6-4-3-5-7-14/h3-11,13H,1-2H3/t13-/m1/s1. The van der Waals surface area contributed by atoms with E-state index in [1.165, 1.54) is 5.56 Å². The van der Waals surface area contributed by atoms with E-state index in [1.807, 2.05) is 37.3 Å². The second-order valence-electron chi connectivity index (χ2n) is 4.30. The van der Waals surface area contributed by atoms with Crippen molar-refractivity contribution in [3.8, 4) is 0 Å². The Balaban J connectivity index is 2.06. The van der Waals surface area contributed by atoms with Crippen LogP contribution in [0, 0.1) is 6.92 Å². The lowest BCUT2D eigenvalue weighted by molar-refractivity contribution is 0.0994.